The minimum atomic E-state index is -0.644. The lowest BCUT2D eigenvalue weighted by Gasteiger charge is -2.11. The Morgan fingerprint density at radius 1 is 1.40 bits per heavy atom. The second-order valence-corrected chi connectivity index (χ2v) is 4.69. The van der Waals surface area contributed by atoms with Crippen LogP contribution in [0.4, 0.5) is 0 Å². The number of rotatable bonds is 5. The highest BCUT2D eigenvalue weighted by Gasteiger charge is 2.22. The van der Waals surface area contributed by atoms with Crippen molar-refractivity contribution in [2.24, 2.45) is 0 Å². The van der Waals surface area contributed by atoms with Gasteiger partial charge in [0.15, 0.2) is 16.6 Å². The van der Waals surface area contributed by atoms with Gasteiger partial charge in [-0.25, -0.2) is 9.97 Å². The standard InChI is InChI=1S/C12H13Cl2N3O3/c1-4-9(18)20-7(6-17(2)3)11(19)10-12(14)16-8(13)5-15-10/h5-6H,4H2,1-3H3/b7-6-. The van der Waals surface area contributed by atoms with Gasteiger partial charge in [-0.1, -0.05) is 30.1 Å². The zero-order valence-electron chi connectivity index (χ0n) is 11.2. The first-order valence-corrected chi connectivity index (χ1v) is 6.42. The van der Waals surface area contributed by atoms with Gasteiger partial charge in [-0.3, -0.25) is 9.59 Å². The lowest BCUT2D eigenvalue weighted by Crippen LogP contribution is -2.17. The maximum Gasteiger partial charge on any atom is 0.311 e. The van der Waals surface area contributed by atoms with Crippen LogP contribution in [0.5, 0.6) is 0 Å². The molecule has 0 atom stereocenters. The Morgan fingerprint density at radius 3 is 2.55 bits per heavy atom. The minimum absolute atomic E-state index is 0.0650. The molecule has 0 radical (unpaired) electrons. The Morgan fingerprint density at radius 2 is 2.05 bits per heavy atom. The molecule has 108 valence electrons. The number of allylic oxidation sites excluding steroid dienone is 1. The molecule has 0 aliphatic carbocycles. The fourth-order valence-electron chi connectivity index (χ4n) is 1.18. The molecule has 8 heteroatoms. The Hall–Kier alpha value is -1.66. The number of Topliss-reactive ketones (excluding diaryl/α,β-unsaturated/α-hetero) is 1. The first-order chi connectivity index (χ1) is 9.35. The SMILES string of the molecule is CCC(=O)O/C(=C\N(C)C)C(=O)c1ncc(Cl)nc1Cl. The summed E-state index contributed by atoms with van der Waals surface area (Å²) in [6, 6.07) is 0. The molecule has 0 aliphatic rings. The summed E-state index contributed by atoms with van der Waals surface area (Å²) < 4.78 is 4.98. The van der Waals surface area contributed by atoms with Crippen LogP contribution in [-0.4, -0.2) is 40.7 Å². The molecular formula is C12H13Cl2N3O3. The number of carbonyl (C=O) groups excluding carboxylic acids is 2. The molecule has 0 aromatic carbocycles. The van der Waals surface area contributed by atoms with Crippen LogP contribution in [0.3, 0.4) is 0 Å². The summed E-state index contributed by atoms with van der Waals surface area (Å²) in [5.74, 6) is -1.36. The Kier molecular flexibility index (Phi) is 5.91. The molecule has 0 saturated carbocycles. The van der Waals surface area contributed by atoms with Gasteiger partial charge >= 0.3 is 5.97 Å². The molecule has 6 nitrogen and oxygen atoms in total. The summed E-state index contributed by atoms with van der Waals surface area (Å²) in [5.41, 5.74) is -0.131. The molecule has 0 fully saturated rings. The third-order valence-electron chi connectivity index (χ3n) is 2.03. The van der Waals surface area contributed by atoms with Crippen LogP contribution >= 0.6 is 23.2 Å². The fourth-order valence-corrected chi connectivity index (χ4v) is 1.58. The molecule has 1 aromatic rings. The number of esters is 1. The van der Waals surface area contributed by atoms with Gasteiger partial charge in [-0.2, -0.15) is 0 Å². The summed E-state index contributed by atoms with van der Waals surface area (Å²) in [5, 5.41) is -0.0880. The van der Waals surface area contributed by atoms with Gasteiger partial charge < -0.3 is 9.64 Å². The normalized spacial score (nSPS) is 11.2. The molecule has 0 bridgehead atoms. The number of aromatic nitrogens is 2. The van der Waals surface area contributed by atoms with E-state index in [1.807, 2.05) is 0 Å². The predicted octanol–water partition coefficient (Wildman–Crippen LogP) is 2.32. The lowest BCUT2D eigenvalue weighted by atomic mass is 10.2. The van der Waals surface area contributed by atoms with Crippen molar-refractivity contribution in [1.82, 2.24) is 14.9 Å². The van der Waals surface area contributed by atoms with Crippen molar-refractivity contribution in [3.63, 3.8) is 0 Å². The van der Waals surface area contributed by atoms with E-state index in [1.54, 1.807) is 25.9 Å². The average molecular weight is 318 g/mol. The smallest absolute Gasteiger partial charge is 0.311 e. The van der Waals surface area contributed by atoms with Crippen molar-refractivity contribution in [1.29, 1.82) is 0 Å². The van der Waals surface area contributed by atoms with Gasteiger partial charge in [0.1, 0.15) is 5.15 Å². The summed E-state index contributed by atoms with van der Waals surface area (Å²) in [6.45, 7) is 1.62. The molecule has 0 amide bonds. The molecule has 1 aromatic heterocycles. The van der Waals surface area contributed by atoms with Gasteiger partial charge in [-0.05, 0) is 0 Å². The van der Waals surface area contributed by atoms with E-state index < -0.39 is 11.8 Å². The third-order valence-corrected chi connectivity index (χ3v) is 2.47. The molecule has 20 heavy (non-hydrogen) atoms. The van der Waals surface area contributed by atoms with Gasteiger partial charge in [0, 0.05) is 26.7 Å². The average Bonchev–Trinajstić information content (AvgIpc) is 2.36. The van der Waals surface area contributed by atoms with Crippen molar-refractivity contribution in [2.75, 3.05) is 14.1 Å². The number of halogens is 2. The molecule has 0 unspecified atom stereocenters. The van der Waals surface area contributed by atoms with Gasteiger partial charge in [-0.15, -0.1) is 0 Å². The highest BCUT2D eigenvalue weighted by molar-refractivity contribution is 6.35. The van der Waals surface area contributed by atoms with E-state index in [2.05, 4.69) is 9.97 Å². The van der Waals surface area contributed by atoms with E-state index in [0.717, 1.165) is 0 Å². The van der Waals surface area contributed by atoms with Crippen LogP contribution in [0.1, 0.15) is 23.8 Å². The molecule has 0 aliphatic heterocycles. The van der Waals surface area contributed by atoms with E-state index in [0.29, 0.717) is 0 Å². The Bertz CT molecular complexity index is 559. The van der Waals surface area contributed by atoms with E-state index in [-0.39, 0.29) is 28.2 Å². The molecular weight excluding hydrogens is 305 g/mol. The third kappa shape index (κ3) is 4.47. The van der Waals surface area contributed by atoms with Crippen LogP contribution < -0.4 is 0 Å². The van der Waals surface area contributed by atoms with E-state index in [4.69, 9.17) is 27.9 Å². The van der Waals surface area contributed by atoms with Crippen LogP contribution in [0.25, 0.3) is 0 Å². The topological polar surface area (TPSA) is 72.4 Å². The van der Waals surface area contributed by atoms with Gasteiger partial charge in [0.2, 0.25) is 0 Å². The lowest BCUT2D eigenvalue weighted by molar-refractivity contribution is -0.138. The number of hydrogen-bond acceptors (Lipinski definition) is 6. The molecule has 0 saturated heterocycles. The van der Waals surface area contributed by atoms with Gasteiger partial charge in [0.05, 0.1) is 6.20 Å². The quantitative estimate of drug-likeness (QED) is 0.359. The number of nitrogens with zero attached hydrogens (tertiary/aromatic N) is 3. The predicted molar refractivity (Wildman–Crippen MR) is 74.5 cm³/mol. The van der Waals surface area contributed by atoms with Crippen molar-refractivity contribution < 1.29 is 14.3 Å². The second kappa shape index (κ2) is 7.21. The zero-order chi connectivity index (χ0) is 15.3. The minimum Gasteiger partial charge on any atom is -0.421 e. The number of carbonyl (C=O) groups is 2. The largest absolute Gasteiger partial charge is 0.421 e. The molecule has 0 N–H and O–H groups in total. The first-order valence-electron chi connectivity index (χ1n) is 5.66. The van der Waals surface area contributed by atoms with E-state index in [9.17, 15) is 9.59 Å². The van der Waals surface area contributed by atoms with Crippen molar-refractivity contribution in [2.45, 2.75) is 13.3 Å². The van der Waals surface area contributed by atoms with Crippen molar-refractivity contribution in [3.8, 4) is 0 Å². The Balaban J connectivity index is 3.13. The maximum absolute atomic E-state index is 12.3. The number of hydrogen-bond donors (Lipinski definition) is 0. The summed E-state index contributed by atoms with van der Waals surface area (Å²) in [4.78, 5) is 32.7. The fraction of sp³-hybridized carbons (Fsp3) is 0.333. The summed E-state index contributed by atoms with van der Waals surface area (Å²) >= 11 is 11.4. The number of ketones is 1. The van der Waals surface area contributed by atoms with Crippen LogP contribution in [0.15, 0.2) is 18.2 Å². The monoisotopic (exact) mass is 317 g/mol. The number of ether oxygens (including phenoxy) is 1. The second-order valence-electron chi connectivity index (χ2n) is 3.95. The maximum atomic E-state index is 12.3. The van der Waals surface area contributed by atoms with E-state index in [1.165, 1.54) is 12.4 Å². The van der Waals surface area contributed by atoms with Crippen molar-refractivity contribution in [3.05, 3.63) is 34.2 Å². The van der Waals surface area contributed by atoms with E-state index >= 15 is 0 Å². The summed E-state index contributed by atoms with van der Waals surface area (Å²) in [7, 11) is 3.37. The van der Waals surface area contributed by atoms with Crippen LogP contribution in [-0.2, 0) is 9.53 Å². The Labute approximate surface area is 126 Å². The van der Waals surface area contributed by atoms with Gasteiger partial charge in [0.25, 0.3) is 5.78 Å². The highest BCUT2D eigenvalue weighted by Crippen LogP contribution is 2.18. The van der Waals surface area contributed by atoms with Crippen LogP contribution in [0, 0.1) is 0 Å². The highest BCUT2D eigenvalue weighted by atomic mass is 35.5. The molecule has 1 rings (SSSR count). The zero-order valence-corrected chi connectivity index (χ0v) is 12.7. The van der Waals surface area contributed by atoms with Crippen molar-refractivity contribution >= 4 is 35.0 Å². The molecule has 0 spiro atoms. The summed E-state index contributed by atoms with van der Waals surface area (Å²) in [6.07, 6.45) is 2.69. The van der Waals surface area contributed by atoms with Crippen LogP contribution in [0.2, 0.25) is 10.3 Å². The molecule has 1 heterocycles. The first kappa shape index (κ1) is 16.4.